The van der Waals surface area contributed by atoms with E-state index in [-0.39, 0.29) is 10.9 Å². The van der Waals surface area contributed by atoms with Gasteiger partial charge in [0.2, 0.25) is 10.0 Å². The van der Waals surface area contributed by atoms with E-state index < -0.39 is 10.0 Å². The first-order chi connectivity index (χ1) is 9.83. The van der Waals surface area contributed by atoms with Crippen LogP contribution in [0.2, 0.25) is 0 Å². The summed E-state index contributed by atoms with van der Waals surface area (Å²) in [6.07, 6.45) is 1.91. The molecule has 2 rings (SSSR count). The Morgan fingerprint density at radius 2 is 2.10 bits per heavy atom. The molecule has 0 aliphatic carbocycles. The Morgan fingerprint density at radius 3 is 2.71 bits per heavy atom. The molecule has 0 aromatic heterocycles. The van der Waals surface area contributed by atoms with E-state index in [1.165, 1.54) is 0 Å². The van der Waals surface area contributed by atoms with E-state index >= 15 is 0 Å². The molecule has 0 bridgehead atoms. The van der Waals surface area contributed by atoms with Gasteiger partial charge in [-0.25, -0.2) is 13.1 Å². The van der Waals surface area contributed by atoms with Crippen molar-refractivity contribution in [1.29, 1.82) is 0 Å². The molecular formula is C15H25N3O2S. The van der Waals surface area contributed by atoms with Gasteiger partial charge in [-0.15, -0.1) is 0 Å². The van der Waals surface area contributed by atoms with Crippen molar-refractivity contribution in [2.45, 2.75) is 44.6 Å². The molecule has 1 aliphatic rings. The maximum atomic E-state index is 12.5. The molecule has 0 spiro atoms. The van der Waals surface area contributed by atoms with Gasteiger partial charge in [0.1, 0.15) is 0 Å². The Labute approximate surface area is 127 Å². The third-order valence-corrected chi connectivity index (χ3v) is 5.77. The number of nitrogen functional groups attached to an aromatic ring is 1. The minimum absolute atomic E-state index is 0.0217. The molecule has 3 N–H and O–H groups in total. The molecule has 1 saturated heterocycles. The number of piperidine rings is 1. The average molecular weight is 311 g/mol. The Balaban J connectivity index is 2.18. The fraction of sp³-hybridized carbons (Fsp3) is 0.600. The van der Waals surface area contributed by atoms with Crippen LogP contribution in [0.25, 0.3) is 0 Å². The number of anilines is 1. The summed E-state index contributed by atoms with van der Waals surface area (Å²) in [5.74, 6) is 0. The topological polar surface area (TPSA) is 75.4 Å². The van der Waals surface area contributed by atoms with E-state index in [0.717, 1.165) is 43.6 Å². The molecule has 0 saturated carbocycles. The van der Waals surface area contributed by atoms with Crippen molar-refractivity contribution in [3.8, 4) is 0 Å². The van der Waals surface area contributed by atoms with Crippen molar-refractivity contribution in [1.82, 2.24) is 9.62 Å². The average Bonchev–Trinajstić information content (AvgIpc) is 2.44. The van der Waals surface area contributed by atoms with Gasteiger partial charge in [0.25, 0.3) is 0 Å². The number of likely N-dealkylation sites (tertiary alicyclic amines) is 1. The molecule has 5 nitrogen and oxygen atoms in total. The van der Waals surface area contributed by atoms with E-state index in [9.17, 15) is 8.42 Å². The number of hydrogen-bond acceptors (Lipinski definition) is 4. The molecule has 1 heterocycles. The Morgan fingerprint density at radius 1 is 1.38 bits per heavy atom. The predicted octanol–water partition coefficient (Wildman–Crippen LogP) is 1.65. The van der Waals surface area contributed by atoms with Gasteiger partial charge in [0.05, 0.1) is 4.90 Å². The van der Waals surface area contributed by atoms with Crippen molar-refractivity contribution in [3.63, 3.8) is 0 Å². The molecular weight excluding hydrogens is 286 g/mol. The second-order valence-corrected chi connectivity index (χ2v) is 7.52. The molecule has 1 aromatic carbocycles. The second-order valence-electron chi connectivity index (χ2n) is 5.81. The second kappa shape index (κ2) is 6.34. The van der Waals surface area contributed by atoms with Crippen LogP contribution in [0.5, 0.6) is 0 Å². The lowest BCUT2D eigenvalue weighted by Gasteiger charge is -2.32. The molecule has 21 heavy (non-hydrogen) atoms. The van der Waals surface area contributed by atoms with Gasteiger partial charge >= 0.3 is 0 Å². The van der Waals surface area contributed by atoms with Crippen LogP contribution in [0.15, 0.2) is 17.0 Å². The number of sulfonamides is 1. The van der Waals surface area contributed by atoms with Crippen LogP contribution < -0.4 is 10.5 Å². The molecule has 1 unspecified atom stereocenters. The highest BCUT2D eigenvalue weighted by Gasteiger charge is 2.25. The zero-order valence-electron chi connectivity index (χ0n) is 13.0. The summed E-state index contributed by atoms with van der Waals surface area (Å²) in [7, 11) is -3.51. The lowest BCUT2D eigenvalue weighted by Crippen LogP contribution is -2.47. The van der Waals surface area contributed by atoms with Gasteiger partial charge < -0.3 is 10.6 Å². The zero-order valence-corrected chi connectivity index (χ0v) is 13.8. The summed E-state index contributed by atoms with van der Waals surface area (Å²) in [6.45, 7) is 8.65. The normalized spacial score (nSPS) is 20.6. The smallest absolute Gasteiger partial charge is 0.240 e. The number of nitrogens with one attached hydrogen (secondary N) is 1. The van der Waals surface area contributed by atoms with Gasteiger partial charge in [0, 0.05) is 18.3 Å². The van der Waals surface area contributed by atoms with Crippen molar-refractivity contribution in [2.24, 2.45) is 0 Å². The first-order valence-electron chi connectivity index (χ1n) is 7.45. The monoisotopic (exact) mass is 311 g/mol. The third-order valence-electron chi connectivity index (χ3n) is 4.27. The standard InChI is InChI=1S/C15H25N3O2S/c1-4-18-7-5-6-13(10-18)17-21(19,20)14-8-11(2)12(3)15(16)9-14/h8-9,13,17H,4-7,10,16H2,1-3H3. The maximum absolute atomic E-state index is 12.5. The third kappa shape index (κ3) is 3.75. The summed E-state index contributed by atoms with van der Waals surface area (Å²) in [6, 6.07) is 3.21. The van der Waals surface area contributed by atoms with Crippen LogP contribution >= 0.6 is 0 Å². The van der Waals surface area contributed by atoms with Crippen LogP contribution in [0, 0.1) is 13.8 Å². The minimum Gasteiger partial charge on any atom is -0.398 e. The van der Waals surface area contributed by atoms with Crippen LogP contribution in [-0.4, -0.2) is 39.0 Å². The summed E-state index contributed by atoms with van der Waals surface area (Å²) >= 11 is 0. The summed E-state index contributed by atoms with van der Waals surface area (Å²) < 4.78 is 27.9. The predicted molar refractivity (Wildman–Crippen MR) is 85.8 cm³/mol. The van der Waals surface area contributed by atoms with Crippen molar-refractivity contribution in [3.05, 3.63) is 23.3 Å². The van der Waals surface area contributed by atoms with E-state index in [1.54, 1.807) is 12.1 Å². The van der Waals surface area contributed by atoms with Crippen LogP contribution in [0.1, 0.15) is 30.9 Å². The number of hydrogen-bond donors (Lipinski definition) is 2. The molecule has 1 fully saturated rings. The highest BCUT2D eigenvalue weighted by atomic mass is 32.2. The number of aryl methyl sites for hydroxylation is 1. The number of nitrogens with two attached hydrogens (primary N) is 1. The lowest BCUT2D eigenvalue weighted by atomic mass is 10.1. The summed E-state index contributed by atoms with van der Waals surface area (Å²) in [5.41, 5.74) is 8.25. The highest BCUT2D eigenvalue weighted by Crippen LogP contribution is 2.22. The molecule has 118 valence electrons. The molecule has 1 aliphatic heterocycles. The number of nitrogens with zero attached hydrogens (tertiary/aromatic N) is 1. The van der Waals surface area contributed by atoms with Crippen LogP contribution in [0.4, 0.5) is 5.69 Å². The number of rotatable bonds is 4. The van der Waals surface area contributed by atoms with E-state index in [1.807, 2.05) is 13.8 Å². The highest BCUT2D eigenvalue weighted by molar-refractivity contribution is 7.89. The fourth-order valence-corrected chi connectivity index (χ4v) is 4.12. The van der Waals surface area contributed by atoms with Gasteiger partial charge in [-0.1, -0.05) is 6.92 Å². The quantitative estimate of drug-likeness (QED) is 0.829. The first kappa shape index (κ1) is 16.3. The van der Waals surface area contributed by atoms with Crippen molar-refractivity contribution in [2.75, 3.05) is 25.4 Å². The molecule has 0 amide bonds. The van der Waals surface area contributed by atoms with Gasteiger partial charge in [-0.3, -0.25) is 0 Å². The molecule has 1 atom stereocenters. The number of likely N-dealkylation sites (N-methyl/N-ethyl adjacent to an activating group) is 1. The van der Waals surface area contributed by atoms with E-state index in [0.29, 0.717) is 5.69 Å². The maximum Gasteiger partial charge on any atom is 0.240 e. The van der Waals surface area contributed by atoms with Gasteiger partial charge in [-0.2, -0.15) is 0 Å². The van der Waals surface area contributed by atoms with E-state index in [2.05, 4.69) is 16.5 Å². The van der Waals surface area contributed by atoms with Gasteiger partial charge in [0.15, 0.2) is 0 Å². The van der Waals surface area contributed by atoms with Crippen molar-refractivity contribution >= 4 is 15.7 Å². The molecule has 6 heteroatoms. The Bertz CT molecular complexity index is 590. The van der Waals surface area contributed by atoms with Crippen LogP contribution in [0.3, 0.4) is 0 Å². The SMILES string of the molecule is CCN1CCCC(NS(=O)(=O)c2cc(C)c(C)c(N)c2)C1. The Hall–Kier alpha value is -1.11. The molecule has 0 radical (unpaired) electrons. The largest absolute Gasteiger partial charge is 0.398 e. The zero-order chi connectivity index (χ0) is 15.6. The molecule has 1 aromatic rings. The Kier molecular flexibility index (Phi) is 4.91. The summed E-state index contributed by atoms with van der Waals surface area (Å²) in [5, 5.41) is 0. The van der Waals surface area contributed by atoms with E-state index in [4.69, 9.17) is 5.73 Å². The first-order valence-corrected chi connectivity index (χ1v) is 8.93. The van der Waals surface area contributed by atoms with Crippen molar-refractivity contribution < 1.29 is 8.42 Å². The van der Waals surface area contributed by atoms with Crippen LogP contribution in [-0.2, 0) is 10.0 Å². The lowest BCUT2D eigenvalue weighted by molar-refractivity contribution is 0.211. The minimum atomic E-state index is -3.51. The summed E-state index contributed by atoms with van der Waals surface area (Å²) in [4.78, 5) is 2.53. The van der Waals surface area contributed by atoms with Gasteiger partial charge in [-0.05, 0) is 63.0 Å². The number of benzene rings is 1. The fourth-order valence-electron chi connectivity index (χ4n) is 2.73.